The zero-order valence-electron chi connectivity index (χ0n) is 20.1. The highest BCUT2D eigenvalue weighted by atomic mass is 16.5. The Morgan fingerprint density at radius 2 is 1.94 bits per heavy atom. The average Bonchev–Trinajstić information content (AvgIpc) is 3.84. The van der Waals surface area contributed by atoms with Gasteiger partial charge in [-0.1, -0.05) is 6.07 Å². The summed E-state index contributed by atoms with van der Waals surface area (Å²) in [5, 5.41) is 14.7. The maximum atomic E-state index is 10.5. The average molecular weight is 481 g/mol. The standard InChI is InChI=1S/C17H17N5O.C11H11NO/c23-11-20-16-7-14(5-6-18-16)19-8-15-10-22-9-13(12-1-2-12)3-4-17(22)21-15;1-13-10-5-4-9(7-12)11(6-10)8-2-3-8/h3-7,9-12H,1-2,8H2,(H2,18,19,20,23);4-6,8H,2-3H2,1H3. The van der Waals surface area contributed by atoms with Gasteiger partial charge in [-0.25, -0.2) is 9.97 Å². The molecule has 0 saturated heterocycles. The molecule has 0 aliphatic heterocycles. The van der Waals surface area contributed by atoms with Crippen LogP contribution in [0.1, 0.15) is 59.9 Å². The normalized spacial score (nSPS) is 14.3. The number of anilines is 2. The summed E-state index contributed by atoms with van der Waals surface area (Å²) < 4.78 is 7.22. The summed E-state index contributed by atoms with van der Waals surface area (Å²) in [6, 6.07) is 15.8. The van der Waals surface area contributed by atoms with Gasteiger partial charge in [-0.05, 0) is 79.0 Å². The molecule has 0 spiro atoms. The van der Waals surface area contributed by atoms with Crippen molar-refractivity contribution in [2.75, 3.05) is 17.7 Å². The summed E-state index contributed by atoms with van der Waals surface area (Å²) in [6.45, 7) is 0.616. The van der Waals surface area contributed by atoms with E-state index in [-0.39, 0.29) is 0 Å². The number of carbonyl (C=O) groups is 1. The predicted octanol–water partition coefficient (Wildman–Crippen LogP) is 5.23. The van der Waals surface area contributed by atoms with Gasteiger partial charge in [0.1, 0.15) is 17.2 Å². The first-order chi connectivity index (χ1) is 17.7. The molecule has 4 aromatic rings. The van der Waals surface area contributed by atoms with Crippen LogP contribution >= 0.6 is 0 Å². The van der Waals surface area contributed by atoms with Gasteiger partial charge in [-0.2, -0.15) is 5.26 Å². The lowest BCUT2D eigenvalue weighted by Gasteiger charge is -2.05. The fraction of sp³-hybridized carbons (Fsp3) is 0.286. The van der Waals surface area contributed by atoms with E-state index in [0.717, 1.165) is 39.8 Å². The molecule has 182 valence electrons. The van der Waals surface area contributed by atoms with E-state index in [4.69, 9.17) is 10.00 Å². The Balaban J connectivity index is 0.000000174. The van der Waals surface area contributed by atoms with Crippen LogP contribution in [-0.4, -0.2) is 27.9 Å². The number of imidazole rings is 1. The van der Waals surface area contributed by atoms with Crippen molar-refractivity contribution in [1.29, 1.82) is 5.26 Å². The summed E-state index contributed by atoms with van der Waals surface area (Å²) in [5.74, 6) is 2.71. The van der Waals surface area contributed by atoms with Crippen LogP contribution in [0.5, 0.6) is 5.75 Å². The van der Waals surface area contributed by atoms with E-state index in [2.05, 4.69) is 55.6 Å². The minimum atomic E-state index is 0.522. The van der Waals surface area contributed by atoms with E-state index in [0.29, 0.717) is 24.7 Å². The van der Waals surface area contributed by atoms with Crippen molar-refractivity contribution in [3.8, 4) is 11.8 Å². The summed E-state index contributed by atoms with van der Waals surface area (Å²) >= 11 is 0. The highest BCUT2D eigenvalue weighted by molar-refractivity contribution is 5.70. The van der Waals surface area contributed by atoms with Crippen molar-refractivity contribution >= 4 is 23.6 Å². The van der Waals surface area contributed by atoms with Crippen LogP contribution in [0.2, 0.25) is 0 Å². The van der Waals surface area contributed by atoms with Crippen molar-refractivity contribution < 1.29 is 9.53 Å². The molecule has 2 fully saturated rings. The molecule has 3 heterocycles. The molecule has 1 aromatic carbocycles. The zero-order valence-corrected chi connectivity index (χ0v) is 20.1. The van der Waals surface area contributed by atoms with Gasteiger partial charge in [0.15, 0.2) is 0 Å². The number of nitrogens with zero attached hydrogens (tertiary/aromatic N) is 4. The second-order valence-corrected chi connectivity index (χ2v) is 9.12. The maximum Gasteiger partial charge on any atom is 0.212 e. The van der Waals surface area contributed by atoms with Gasteiger partial charge in [0, 0.05) is 30.3 Å². The van der Waals surface area contributed by atoms with Crippen molar-refractivity contribution in [3.05, 3.63) is 83.4 Å². The van der Waals surface area contributed by atoms with Crippen molar-refractivity contribution in [1.82, 2.24) is 14.4 Å². The molecule has 2 aliphatic rings. The van der Waals surface area contributed by atoms with Gasteiger partial charge in [-0.15, -0.1) is 0 Å². The number of rotatable bonds is 8. The predicted molar refractivity (Wildman–Crippen MR) is 138 cm³/mol. The Hall–Kier alpha value is -4.38. The summed E-state index contributed by atoms with van der Waals surface area (Å²) in [4.78, 5) is 19.1. The number of hydrogen-bond acceptors (Lipinski definition) is 6. The third kappa shape index (κ3) is 5.63. The number of hydrogen-bond donors (Lipinski definition) is 2. The van der Waals surface area contributed by atoms with Gasteiger partial charge in [-0.3, -0.25) is 4.79 Å². The number of ether oxygens (including phenoxy) is 1. The number of benzene rings is 1. The van der Waals surface area contributed by atoms with E-state index in [1.165, 1.54) is 31.2 Å². The van der Waals surface area contributed by atoms with E-state index >= 15 is 0 Å². The van der Waals surface area contributed by atoms with Crippen LogP contribution in [0.25, 0.3) is 5.65 Å². The fourth-order valence-corrected chi connectivity index (χ4v) is 4.18. The van der Waals surface area contributed by atoms with Gasteiger partial charge in [0.25, 0.3) is 0 Å². The number of carbonyl (C=O) groups excluding carboxylic acids is 1. The van der Waals surface area contributed by atoms with Crippen LogP contribution in [0.3, 0.4) is 0 Å². The highest BCUT2D eigenvalue weighted by Gasteiger charge is 2.26. The second kappa shape index (κ2) is 10.5. The Kier molecular flexibility index (Phi) is 6.80. The topological polar surface area (TPSA) is 104 Å². The van der Waals surface area contributed by atoms with Gasteiger partial charge in [0.2, 0.25) is 6.41 Å². The Labute approximate surface area is 210 Å². The molecule has 6 rings (SSSR count). The molecule has 2 N–H and O–H groups in total. The van der Waals surface area contributed by atoms with Gasteiger partial charge in [0.05, 0.1) is 31.0 Å². The minimum Gasteiger partial charge on any atom is -0.497 e. The zero-order chi connectivity index (χ0) is 24.9. The molecule has 3 aromatic heterocycles. The number of amides is 1. The number of methoxy groups -OCH3 is 1. The SMILES string of the molecule is COc1ccc(C#N)c(C2CC2)c1.O=CNc1cc(NCc2cn3cc(C4CC4)ccc3n2)ccn1. The Morgan fingerprint density at radius 3 is 2.67 bits per heavy atom. The molecule has 0 unspecified atom stereocenters. The van der Waals surface area contributed by atoms with Gasteiger partial charge >= 0.3 is 0 Å². The molecule has 2 saturated carbocycles. The van der Waals surface area contributed by atoms with E-state index in [1.54, 1.807) is 19.4 Å². The molecule has 0 bridgehead atoms. The summed E-state index contributed by atoms with van der Waals surface area (Å²) in [5.41, 5.74) is 6.17. The van der Waals surface area contributed by atoms with Crippen LogP contribution in [0.15, 0.2) is 61.1 Å². The molecule has 0 radical (unpaired) electrons. The Morgan fingerprint density at radius 1 is 1.11 bits per heavy atom. The monoisotopic (exact) mass is 480 g/mol. The first kappa shape index (κ1) is 23.4. The fourth-order valence-electron chi connectivity index (χ4n) is 4.18. The third-order valence-electron chi connectivity index (χ3n) is 6.41. The largest absolute Gasteiger partial charge is 0.497 e. The molecule has 2 aliphatic carbocycles. The highest BCUT2D eigenvalue weighted by Crippen LogP contribution is 2.42. The molecule has 8 nitrogen and oxygen atoms in total. The van der Waals surface area contributed by atoms with Crippen LogP contribution in [0, 0.1) is 11.3 Å². The number of fused-ring (bicyclic) bond motifs is 1. The molecular formula is C28H28N6O2. The number of nitriles is 1. The van der Waals surface area contributed by atoms with Crippen LogP contribution in [-0.2, 0) is 11.3 Å². The third-order valence-corrected chi connectivity index (χ3v) is 6.41. The number of pyridine rings is 2. The molecule has 0 atom stereocenters. The molecular weight excluding hydrogens is 452 g/mol. The lowest BCUT2D eigenvalue weighted by Crippen LogP contribution is -2.02. The number of aromatic nitrogens is 3. The van der Waals surface area contributed by atoms with Crippen LogP contribution in [0.4, 0.5) is 11.5 Å². The lowest BCUT2D eigenvalue weighted by atomic mass is 10.0. The number of nitrogens with one attached hydrogen (secondary N) is 2. The van der Waals surface area contributed by atoms with E-state index in [9.17, 15) is 4.79 Å². The second-order valence-electron chi connectivity index (χ2n) is 9.12. The van der Waals surface area contributed by atoms with Crippen molar-refractivity contribution in [2.45, 2.75) is 44.1 Å². The molecule has 8 heteroatoms. The summed E-state index contributed by atoms with van der Waals surface area (Å²) in [7, 11) is 1.65. The smallest absolute Gasteiger partial charge is 0.212 e. The Bertz CT molecular complexity index is 1420. The quantitative estimate of drug-likeness (QED) is 0.335. The summed E-state index contributed by atoms with van der Waals surface area (Å²) in [6.07, 6.45) is 11.5. The van der Waals surface area contributed by atoms with Crippen molar-refractivity contribution in [3.63, 3.8) is 0 Å². The first-order valence-corrected chi connectivity index (χ1v) is 12.1. The maximum absolute atomic E-state index is 10.5. The van der Waals surface area contributed by atoms with Crippen LogP contribution < -0.4 is 15.4 Å². The molecule has 36 heavy (non-hydrogen) atoms. The van der Waals surface area contributed by atoms with E-state index in [1.807, 2.05) is 24.3 Å². The molecule has 1 amide bonds. The minimum absolute atomic E-state index is 0.522. The first-order valence-electron chi connectivity index (χ1n) is 12.1. The van der Waals surface area contributed by atoms with Crippen molar-refractivity contribution in [2.24, 2.45) is 0 Å². The van der Waals surface area contributed by atoms with Gasteiger partial charge < -0.3 is 19.8 Å². The lowest BCUT2D eigenvalue weighted by molar-refractivity contribution is -0.105. The van der Waals surface area contributed by atoms with E-state index < -0.39 is 0 Å².